The van der Waals surface area contributed by atoms with Crippen LogP contribution < -0.4 is 4.74 Å². The van der Waals surface area contributed by atoms with E-state index in [4.69, 9.17) is 26.2 Å². The van der Waals surface area contributed by atoms with E-state index in [1.165, 1.54) is 12.1 Å². The van der Waals surface area contributed by atoms with Gasteiger partial charge in [0.1, 0.15) is 16.9 Å². The highest BCUT2D eigenvalue weighted by Gasteiger charge is 2.45. The second-order valence-corrected chi connectivity index (χ2v) is 8.19. The Morgan fingerprint density at radius 3 is 2.38 bits per heavy atom. The molecular formula is C18H23ClN2O5. The summed E-state index contributed by atoms with van der Waals surface area (Å²) in [7, 11) is 0. The van der Waals surface area contributed by atoms with Crippen LogP contribution >= 0.6 is 11.6 Å². The first-order valence-electron chi connectivity index (χ1n) is 8.71. The maximum atomic E-state index is 12.5. The number of halogens is 1. The molecule has 2 aliphatic rings. The lowest BCUT2D eigenvalue weighted by molar-refractivity contribution is -0.00764. The van der Waals surface area contributed by atoms with Gasteiger partial charge in [-0.3, -0.25) is 0 Å². The minimum absolute atomic E-state index is 0.0363. The number of rotatable bonds is 3. The van der Waals surface area contributed by atoms with Gasteiger partial charge in [0.2, 0.25) is 5.88 Å². The highest BCUT2D eigenvalue weighted by Crippen LogP contribution is 2.38. The first kappa shape index (κ1) is 18.8. The number of piperidine rings is 1. The number of carboxylic acid groups (broad SMARTS) is 1. The van der Waals surface area contributed by atoms with E-state index in [1.807, 2.05) is 25.7 Å². The predicted molar refractivity (Wildman–Crippen MR) is 94.7 cm³/mol. The molecule has 1 N–H and O–H groups in total. The number of aromatic nitrogens is 1. The van der Waals surface area contributed by atoms with Gasteiger partial charge in [-0.25, -0.2) is 14.6 Å². The quantitative estimate of drug-likeness (QED) is 0.801. The van der Waals surface area contributed by atoms with Crippen molar-refractivity contribution in [3.63, 3.8) is 0 Å². The van der Waals surface area contributed by atoms with E-state index in [0.717, 1.165) is 12.8 Å². The third-order valence-electron chi connectivity index (χ3n) is 4.60. The van der Waals surface area contributed by atoms with Crippen molar-refractivity contribution in [2.24, 2.45) is 0 Å². The molecule has 0 radical (unpaired) electrons. The fourth-order valence-electron chi connectivity index (χ4n) is 3.66. The molecule has 1 aromatic heterocycles. The fourth-order valence-corrected chi connectivity index (χ4v) is 3.86. The molecular weight excluding hydrogens is 360 g/mol. The molecule has 0 aromatic carbocycles. The molecule has 0 spiro atoms. The van der Waals surface area contributed by atoms with E-state index in [0.29, 0.717) is 12.8 Å². The van der Waals surface area contributed by atoms with Crippen molar-refractivity contribution >= 4 is 23.7 Å². The van der Waals surface area contributed by atoms with Gasteiger partial charge >= 0.3 is 12.1 Å². The van der Waals surface area contributed by atoms with Crippen LogP contribution in [0.15, 0.2) is 12.1 Å². The second-order valence-electron chi connectivity index (χ2n) is 7.81. The van der Waals surface area contributed by atoms with Crippen LogP contribution in [-0.2, 0) is 4.74 Å². The lowest BCUT2D eigenvalue weighted by Crippen LogP contribution is -2.50. The minimum Gasteiger partial charge on any atom is -0.478 e. The van der Waals surface area contributed by atoms with Crippen LogP contribution in [0.4, 0.5) is 4.79 Å². The zero-order valence-electron chi connectivity index (χ0n) is 15.1. The van der Waals surface area contributed by atoms with Crippen LogP contribution in [0.2, 0.25) is 5.15 Å². The van der Waals surface area contributed by atoms with Gasteiger partial charge in [0, 0.05) is 31.0 Å². The first-order chi connectivity index (χ1) is 12.1. The Balaban J connectivity index is 1.68. The van der Waals surface area contributed by atoms with Crippen molar-refractivity contribution in [2.75, 3.05) is 0 Å². The Kier molecular flexibility index (Phi) is 5.01. The standard InChI is InChI=1S/C18H23ClN2O5/c1-18(2,3)26-17(24)21-11-4-5-12(21)9-13(8-11)25-15-7-10(16(22)23)6-14(19)20-15/h6-7,11-13H,4-5,8-9H2,1-3H3,(H,22,23)/t11-,12+,13?. The number of hydrogen-bond donors (Lipinski definition) is 1. The van der Waals surface area contributed by atoms with Gasteiger partial charge in [-0.1, -0.05) is 11.6 Å². The summed E-state index contributed by atoms with van der Waals surface area (Å²) in [5.41, 5.74) is -0.490. The van der Waals surface area contributed by atoms with Crippen molar-refractivity contribution in [3.8, 4) is 5.88 Å². The van der Waals surface area contributed by atoms with Gasteiger partial charge in [0.15, 0.2) is 0 Å². The average Bonchev–Trinajstić information content (AvgIpc) is 2.76. The van der Waals surface area contributed by atoms with E-state index in [2.05, 4.69) is 4.98 Å². The summed E-state index contributed by atoms with van der Waals surface area (Å²) < 4.78 is 11.4. The molecule has 2 bridgehead atoms. The summed E-state index contributed by atoms with van der Waals surface area (Å²) in [6, 6.07) is 2.78. The minimum atomic E-state index is -1.08. The number of carbonyl (C=O) groups excluding carboxylic acids is 1. The van der Waals surface area contributed by atoms with Crippen LogP contribution in [0.3, 0.4) is 0 Å². The Morgan fingerprint density at radius 1 is 1.23 bits per heavy atom. The molecule has 7 nitrogen and oxygen atoms in total. The van der Waals surface area contributed by atoms with Crippen LogP contribution in [0, 0.1) is 0 Å². The number of carbonyl (C=O) groups is 2. The van der Waals surface area contributed by atoms with E-state index in [9.17, 15) is 9.59 Å². The zero-order valence-corrected chi connectivity index (χ0v) is 15.8. The summed E-state index contributed by atoms with van der Waals surface area (Å²) >= 11 is 5.88. The molecule has 3 rings (SSSR count). The number of fused-ring (bicyclic) bond motifs is 2. The van der Waals surface area contributed by atoms with Crippen LogP contribution in [0.5, 0.6) is 5.88 Å². The molecule has 1 aromatic rings. The number of ether oxygens (including phenoxy) is 2. The normalized spacial score (nSPS) is 25.1. The molecule has 1 unspecified atom stereocenters. The maximum absolute atomic E-state index is 12.5. The van der Waals surface area contributed by atoms with Crippen LogP contribution in [-0.4, -0.2) is 50.8 Å². The van der Waals surface area contributed by atoms with E-state index < -0.39 is 11.6 Å². The maximum Gasteiger partial charge on any atom is 0.410 e. The number of nitrogens with zero attached hydrogens (tertiary/aromatic N) is 2. The molecule has 1 amide bonds. The molecule has 2 aliphatic heterocycles. The molecule has 0 aliphatic carbocycles. The molecule has 2 saturated heterocycles. The van der Waals surface area contributed by atoms with Gasteiger partial charge in [-0.2, -0.15) is 0 Å². The highest BCUT2D eigenvalue weighted by molar-refractivity contribution is 6.29. The molecule has 2 fully saturated rings. The lowest BCUT2D eigenvalue weighted by atomic mass is 10.0. The van der Waals surface area contributed by atoms with Crippen LogP contribution in [0.1, 0.15) is 56.8 Å². The summed E-state index contributed by atoms with van der Waals surface area (Å²) in [5, 5.41) is 9.20. The van der Waals surface area contributed by atoms with Gasteiger partial charge in [0.25, 0.3) is 0 Å². The molecule has 8 heteroatoms. The smallest absolute Gasteiger partial charge is 0.410 e. The first-order valence-corrected chi connectivity index (χ1v) is 9.09. The van der Waals surface area contributed by atoms with Crippen molar-refractivity contribution in [3.05, 3.63) is 22.8 Å². The number of carboxylic acids is 1. The van der Waals surface area contributed by atoms with Gasteiger partial charge in [0.05, 0.1) is 5.56 Å². The summed E-state index contributed by atoms with van der Waals surface area (Å²) in [6.07, 6.45) is 2.72. The summed E-state index contributed by atoms with van der Waals surface area (Å²) in [5.74, 6) is -0.885. The highest BCUT2D eigenvalue weighted by atomic mass is 35.5. The molecule has 0 saturated carbocycles. The van der Waals surface area contributed by atoms with Gasteiger partial charge in [-0.15, -0.1) is 0 Å². The van der Waals surface area contributed by atoms with E-state index in [1.54, 1.807) is 0 Å². The Labute approximate surface area is 157 Å². The van der Waals surface area contributed by atoms with Gasteiger partial charge < -0.3 is 19.5 Å². The number of aromatic carboxylic acids is 1. The van der Waals surface area contributed by atoms with E-state index in [-0.39, 0.29) is 40.9 Å². The van der Waals surface area contributed by atoms with Crippen molar-refractivity contribution in [1.29, 1.82) is 0 Å². The lowest BCUT2D eigenvalue weighted by Gasteiger charge is -2.39. The Bertz CT molecular complexity index is 704. The number of pyridine rings is 1. The van der Waals surface area contributed by atoms with Gasteiger partial charge in [-0.05, 0) is 39.7 Å². The molecule has 26 heavy (non-hydrogen) atoms. The number of hydrogen-bond acceptors (Lipinski definition) is 5. The zero-order chi connectivity index (χ0) is 19.1. The largest absolute Gasteiger partial charge is 0.478 e. The predicted octanol–water partition coefficient (Wildman–Crippen LogP) is 3.74. The molecule has 142 valence electrons. The van der Waals surface area contributed by atoms with Crippen molar-refractivity contribution in [1.82, 2.24) is 9.88 Å². The Hall–Kier alpha value is -2.02. The summed E-state index contributed by atoms with van der Waals surface area (Å²) in [4.78, 5) is 29.5. The van der Waals surface area contributed by atoms with Crippen LogP contribution in [0.25, 0.3) is 0 Å². The summed E-state index contributed by atoms with van der Waals surface area (Å²) in [6.45, 7) is 5.56. The fraction of sp³-hybridized carbons (Fsp3) is 0.611. The monoisotopic (exact) mass is 382 g/mol. The second kappa shape index (κ2) is 6.95. The third kappa shape index (κ3) is 4.20. The van der Waals surface area contributed by atoms with Crippen molar-refractivity contribution in [2.45, 2.75) is 70.2 Å². The van der Waals surface area contributed by atoms with Crippen molar-refractivity contribution < 1.29 is 24.2 Å². The number of amides is 1. The molecule has 3 atom stereocenters. The topological polar surface area (TPSA) is 89.0 Å². The Morgan fingerprint density at radius 2 is 1.85 bits per heavy atom. The third-order valence-corrected chi connectivity index (χ3v) is 4.79. The SMILES string of the molecule is CC(C)(C)OC(=O)N1[C@@H]2CC[C@H]1CC(Oc1cc(C(=O)O)cc(Cl)n1)C2. The van der Waals surface area contributed by atoms with E-state index >= 15 is 0 Å². The average molecular weight is 383 g/mol. The molecule has 3 heterocycles.